The van der Waals surface area contributed by atoms with Gasteiger partial charge in [0.15, 0.2) is 0 Å². The molecular weight excluding hydrogens is 316 g/mol. The maximum atomic E-state index is 12.9. The van der Waals surface area contributed by atoms with Gasteiger partial charge in [-0.05, 0) is 26.2 Å². The van der Waals surface area contributed by atoms with Gasteiger partial charge in [0.25, 0.3) is 0 Å². The molecule has 0 bridgehead atoms. The molecule has 1 aromatic rings. The molecule has 0 radical (unpaired) electrons. The number of rotatable bonds is 4. The first-order valence-corrected chi connectivity index (χ1v) is 8.62. The standard InChI is InChI=1S/C16H25ClN4O2/c1-11-13(15(17)19(2)18-11)10-21-9-12(23-3)8-14(21)16(22)20-6-4-5-7-20/h12,14H,4-10H2,1-3H3/t12-,14-/m0/s1. The average Bonchev–Trinajstić information content (AvgIpc) is 3.24. The number of hydrogen-bond donors (Lipinski definition) is 0. The van der Waals surface area contributed by atoms with Crippen molar-refractivity contribution in [2.24, 2.45) is 7.05 Å². The highest BCUT2D eigenvalue weighted by molar-refractivity contribution is 6.30. The molecule has 0 saturated carbocycles. The summed E-state index contributed by atoms with van der Waals surface area (Å²) in [5, 5.41) is 5.02. The summed E-state index contributed by atoms with van der Waals surface area (Å²) in [5.74, 6) is 0.236. The van der Waals surface area contributed by atoms with Gasteiger partial charge >= 0.3 is 0 Å². The second kappa shape index (κ2) is 6.79. The summed E-state index contributed by atoms with van der Waals surface area (Å²) in [7, 11) is 3.56. The van der Waals surface area contributed by atoms with Crippen LogP contribution in [0.4, 0.5) is 0 Å². The number of methoxy groups -OCH3 is 1. The van der Waals surface area contributed by atoms with Gasteiger partial charge in [0.1, 0.15) is 5.15 Å². The molecule has 7 heteroatoms. The van der Waals surface area contributed by atoms with E-state index in [4.69, 9.17) is 16.3 Å². The second-order valence-corrected chi connectivity index (χ2v) is 6.91. The van der Waals surface area contributed by atoms with Crippen LogP contribution in [-0.4, -0.2) is 64.4 Å². The molecular formula is C16H25ClN4O2. The van der Waals surface area contributed by atoms with Gasteiger partial charge in [0.05, 0.1) is 17.8 Å². The van der Waals surface area contributed by atoms with Crippen LogP contribution in [0.15, 0.2) is 0 Å². The van der Waals surface area contributed by atoms with E-state index < -0.39 is 0 Å². The Morgan fingerprint density at radius 2 is 2.09 bits per heavy atom. The molecule has 1 aromatic heterocycles. The molecule has 0 aromatic carbocycles. The van der Waals surface area contributed by atoms with Gasteiger partial charge in [0, 0.05) is 45.9 Å². The lowest BCUT2D eigenvalue weighted by Gasteiger charge is -2.27. The molecule has 2 aliphatic heterocycles. The summed E-state index contributed by atoms with van der Waals surface area (Å²) in [6.45, 7) is 5.12. The maximum absolute atomic E-state index is 12.9. The van der Waals surface area contributed by atoms with Crippen molar-refractivity contribution in [2.75, 3.05) is 26.7 Å². The Kier molecular flexibility index (Phi) is 4.94. The van der Waals surface area contributed by atoms with Crippen LogP contribution in [0, 0.1) is 6.92 Å². The Morgan fingerprint density at radius 1 is 1.39 bits per heavy atom. The predicted molar refractivity (Wildman–Crippen MR) is 88.4 cm³/mol. The molecule has 2 saturated heterocycles. The largest absolute Gasteiger partial charge is 0.380 e. The minimum absolute atomic E-state index is 0.0994. The first-order valence-electron chi connectivity index (χ1n) is 8.25. The number of ether oxygens (including phenoxy) is 1. The van der Waals surface area contributed by atoms with Crippen molar-refractivity contribution >= 4 is 17.5 Å². The van der Waals surface area contributed by atoms with Crippen LogP contribution in [-0.2, 0) is 23.1 Å². The number of likely N-dealkylation sites (tertiary alicyclic amines) is 2. The highest BCUT2D eigenvalue weighted by Gasteiger charge is 2.40. The topological polar surface area (TPSA) is 50.6 Å². The highest BCUT2D eigenvalue weighted by Crippen LogP contribution is 2.28. The third-order valence-corrected chi connectivity index (χ3v) is 5.51. The fourth-order valence-corrected chi connectivity index (χ4v) is 3.90. The summed E-state index contributed by atoms with van der Waals surface area (Å²) in [6.07, 6.45) is 3.07. The zero-order valence-electron chi connectivity index (χ0n) is 14.1. The van der Waals surface area contributed by atoms with Crippen LogP contribution in [0.2, 0.25) is 5.15 Å². The van der Waals surface area contributed by atoms with Gasteiger partial charge in [-0.2, -0.15) is 5.10 Å². The molecule has 0 N–H and O–H groups in total. The summed E-state index contributed by atoms with van der Waals surface area (Å²) < 4.78 is 7.21. The number of amides is 1. The molecule has 2 atom stereocenters. The molecule has 3 rings (SSSR count). The molecule has 128 valence electrons. The molecule has 6 nitrogen and oxygen atoms in total. The Hall–Kier alpha value is -1.11. The van der Waals surface area contributed by atoms with E-state index in [1.807, 2.05) is 18.9 Å². The van der Waals surface area contributed by atoms with E-state index in [9.17, 15) is 4.79 Å². The van der Waals surface area contributed by atoms with E-state index in [-0.39, 0.29) is 18.1 Å². The van der Waals surface area contributed by atoms with E-state index in [1.165, 1.54) is 0 Å². The van der Waals surface area contributed by atoms with Crippen molar-refractivity contribution < 1.29 is 9.53 Å². The molecule has 0 aliphatic carbocycles. The molecule has 3 heterocycles. The van der Waals surface area contributed by atoms with Gasteiger partial charge in [-0.3, -0.25) is 14.4 Å². The van der Waals surface area contributed by atoms with Crippen molar-refractivity contribution in [3.05, 3.63) is 16.4 Å². The Morgan fingerprint density at radius 3 is 2.65 bits per heavy atom. The lowest BCUT2D eigenvalue weighted by Crippen LogP contribution is -2.44. The number of nitrogens with zero attached hydrogens (tertiary/aromatic N) is 4. The first kappa shape index (κ1) is 16.7. The summed E-state index contributed by atoms with van der Waals surface area (Å²) in [4.78, 5) is 17.1. The van der Waals surface area contributed by atoms with Gasteiger partial charge in [-0.25, -0.2) is 0 Å². The fraction of sp³-hybridized carbons (Fsp3) is 0.750. The van der Waals surface area contributed by atoms with Crippen molar-refractivity contribution in [1.29, 1.82) is 0 Å². The van der Waals surface area contributed by atoms with Gasteiger partial charge in [0.2, 0.25) is 5.91 Å². The fourth-order valence-electron chi connectivity index (χ4n) is 3.67. The van der Waals surface area contributed by atoms with E-state index >= 15 is 0 Å². The van der Waals surface area contributed by atoms with Gasteiger partial charge in [-0.15, -0.1) is 0 Å². The Balaban J connectivity index is 1.78. The Labute approximate surface area is 142 Å². The van der Waals surface area contributed by atoms with E-state index in [0.717, 1.165) is 50.2 Å². The number of aryl methyl sites for hydroxylation is 2. The van der Waals surface area contributed by atoms with Crippen molar-refractivity contribution in [3.8, 4) is 0 Å². The number of carbonyl (C=O) groups excluding carboxylic acids is 1. The lowest BCUT2D eigenvalue weighted by atomic mass is 10.1. The van der Waals surface area contributed by atoms with Crippen LogP contribution in [0.1, 0.15) is 30.5 Å². The smallest absolute Gasteiger partial charge is 0.240 e. The third-order valence-electron chi connectivity index (χ3n) is 5.03. The molecule has 1 amide bonds. The lowest BCUT2D eigenvalue weighted by molar-refractivity contribution is -0.135. The Bertz CT molecular complexity index is 583. The van der Waals surface area contributed by atoms with Crippen molar-refractivity contribution in [2.45, 2.75) is 44.9 Å². The quantitative estimate of drug-likeness (QED) is 0.835. The molecule has 2 fully saturated rings. The second-order valence-electron chi connectivity index (χ2n) is 6.55. The summed E-state index contributed by atoms with van der Waals surface area (Å²) in [5.41, 5.74) is 1.93. The van der Waals surface area contributed by atoms with Crippen LogP contribution in [0.25, 0.3) is 0 Å². The number of carbonyl (C=O) groups is 1. The van der Waals surface area contributed by atoms with Crippen molar-refractivity contribution in [1.82, 2.24) is 19.6 Å². The minimum Gasteiger partial charge on any atom is -0.380 e. The zero-order chi connectivity index (χ0) is 16.6. The monoisotopic (exact) mass is 340 g/mol. The average molecular weight is 341 g/mol. The van der Waals surface area contributed by atoms with Crippen molar-refractivity contribution in [3.63, 3.8) is 0 Å². The highest BCUT2D eigenvalue weighted by atomic mass is 35.5. The molecule has 23 heavy (non-hydrogen) atoms. The van der Waals surface area contributed by atoms with E-state index in [0.29, 0.717) is 11.7 Å². The van der Waals surface area contributed by atoms with E-state index in [2.05, 4.69) is 10.00 Å². The predicted octanol–water partition coefficient (Wildman–Crippen LogP) is 1.59. The minimum atomic E-state index is -0.117. The number of aromatic nitrogens is 2. The summed E-state index contributed by atoms with van der Waals surface area (Å²) in [6, 6.07) is -0.117. The maximum Gasteiger partial charge on any atom is 0.240 e. The van der Waals surface area contributed by atoms with E-state index in [1.54, 1.807) is 11.8 Å². The summed E-state index contributed by atoms with van der Waals surface area (Å²) >= 11 is 6.36. The first-order chi connectivity index (χ1) is 11.0. The number of hydrogen-bond acceptors (Lipinski definition) is 4. The third kappa shape index (κ3) is 3.25. The van der Waals surface area contributed by atoms with Crippen LogP contribution in [0.5, 0.6) is 0 Å². The van der Waals surface area contributed by atoms with Crippen LogP contribution >= 0.6 is 11.6 Å². The molecule has 0 spiro atoms. The van der Waals surface area contributed by atoms with Gasteiger partial charge < -0.3 is 9.64 Å². The number of halogens is 1. The van der Waals surface area contributed by atoms with Crippen LogP contribution < -0.4 is 0 Å². The van der Waals surface area contributed by atoms with Gasteiger partial charge in [-0.1, -0.05) is 11.6 Å². The molecule has 0 unspecified atom stereocenters. The normalized spacial score (nSPS) is 25.5. The van der Waals surface area contributed by atoms with Crippen LogP contribution in [0.3, 0.4) is 0 Å². The molecule has 2 aliphatic rings. The SMILES string of the molecule is CO[C@H]1C[C@@H](C(=O)N2CCCC2)N(Cc2c(C)nn(C)c2Cl)C1. The zero-order valence-corrected chi connectivity index (χ0v) is 14.8.